The van der Waals surface area contributed by atoms with E-state index in [2.05, 4.69) is 10.2 Å². The monoisotopic (exact) mass is 210 g/mol. The first kappa shape index (κ1) is 10.1. The Bertz CT molecular complexity index is 216. The Labute approximate surface area is 92.2 Å². The van der Waals surface area contributed by atoms with E-state index in [4.69, 9.17) is 4.74 Å². The Morgan fingerprint density at radius 1 is 1.07 bits per heavy atom. The molecule has 1 aliphatic carbocycles. The van der Waals surface area contributed by atoms with Crippen LogP contribution in [-0.2, 0) is 4.74 Å². The second-order valence-electron chi connectivity index (χ2n) is 5.23. The van der Waals surface area contributed by atoms with Crippen LogP contribution in [0.2, 0.25) is 0 Å². The highest BCUT2D eigenvalue weighted by molar-refractivity contribution is 4.94. The molecule has 0 amide bonds. The maximum atomic E-state index is 5.44. The van der Waals surface area contributed by atoms with Gasteiger partial charge in [0.05, 0.1) is 13.2 Å². The Hall–Kier alpha value is -0.120. The fraction of sp³-hybridized carbons (Fsp3) is 1.00. The zero-order chi connectivity index (χ0) is 10.1. The van der Waals surface area contributed by atoms with Crippen LogP contribution in [-0.4, -0.2) is 50.3 Å². The molecule has 2 heterocycles. The van der Waals surface area contributed by atoms with Gasteiger partial charge in [-0.1, -0.05) is 6.42 Å². The van der Waals surface area contributed by atoms with Crippen LogP contribution in [0.15, 0.2) is 0 Å². The predicted octanol–water partition coefficient (Wildman–Crippen LogP) is 0.707. The minimum atomic E-state index is 0.850. The second kappa shape index (κ2) is 4.40. The van der Waals surface area contributed by atoms with Crippen LogP contribution in [0, 0.1) is 11.8 Å². The summed E-state index contributed by atoms with van der Waals surface area (Å²) < 4.78 is 5.44. The summed E-state index contributed by atoms with van der Waals surface area (Å²) >= 11 is 0. The molecule has 86 valence electrons. The van der Waals surface area contributed by atoms with Gasteiger partial charge in [-0.15, -0.1) is 0 Å². The smallest absolute Gasteiger partial charge is 0.0594 e. The highest BCUT2D eigenvalue weighted by Gasteiger charge is 2.39. The molecule has 3 rings (SSSR count). The second-order valence-corrected chi connectivity index (χ2v) is 5.23. The molecule has 3 heteroatoms. The molecule has 2 saturated heterocycles. The molecule has 0 aromatic rings. The maximum Gasteiger partial charge on any atom is 0.0594 e. The van der Waals surface area contributed by atoms with Crippen molar-refractivity contribution in [1.29, 1.82) is 0 Å². The first-order chi connectivity index (χ1) is 7.45. The van der Waals surface area contributed by atoms with Gasteiger partial charge in [-0.05, 0) is 37.8 Å². The van der Waals surface area contributed by atoms with Crippen LogP contribution in [0.1, 0.15) is 19.3 Å². The number of hydrogen-bond donors (Lipinski definition) is 1. The summed E-state index contributed by atoms with van der Waals surface area (Å²) in [6, 6.07) is 0.850. The van der Waals surface area contributed by atoms with Gasteiger partial charge in [-0.2, -0.15) is 0 Å². The highest BCUT2D eigenvalue weighted by Crippen LogP contribution is 2.35. The van der Waals surface area contributed by atoms with Crippen LogP contribution in [0.3, 0.4) is 0 Å². The number of rotatable bonds is 1. The topological polar surface area (TPSA) is 24.5 Å². The van der Waals surface area contributed by atoms with E-state index in [0.717, 1.165) is 44.2 Å². The van der Waals surface area contributed by atoms with Crippen LogP contribution in [0.5, 0.6) is 0 Å². The lowest BCUT2D eigenvalue weighted by Crippen LogP contribution is -2.50. The molecule has 0 radical (unpaired) electrons. The van der Waals surface area contributed by atoms with Crippen molar-refractivity contribution in [2.24, 2.45) is 11.8 Å². The van der Waals surface area contributed by atoms with Crippen molar-refractivity contribution in [2.75, 3.05) is 39.4 Å². The van der Waals surface area contributed by atoms with Crippen molar-refractivity contribution in [3.8, 4) is 0 Å². The van der Waals surface area contributed by atoms with Crippen molar-refractivity contribution in [3.05, 3.63) is 0 Å². The summed E-state index contributed by atoms with van der Waals surface area (Å²) in [4.78, 5) is 2.69. The average molecular weight is 210 g/mol. The molecular formula is C12H22N2O. The molecule has 15 heavy (non-hydrogen) atoms. The van der Waals surface area contributed by atoms with Crippen molar-refractivity contribution in [1.82, 2.24) is 10.2 Å². The molecule has 0 spiro atoms. The quantitative estimate of drug-likeness (QED) is 0.690. The van der Waals surface area contributed by atoms with Gasteiger partial charge < -0.3 is 10.1 Å². The summed E-state index contributed by atoms with van der Waals surface area (Å²) in [6.45, 7) is 6.74. The van der Waals surface area contributed by atoms with Crippen LogP contribution in [0.25, 0.3) is 0 Å². The van der Waals surface area contributed by atoms with Crippen molar-refractivity contribution in [2.45, 2.75) is 25.3 Å². The number of hydrogen-bond acceptors (Lipinski definition) is 3. The van der Waals surface area contributed by atoms with E-state index >= 15 is 0 Å². The molecule has 1 N–H and O–H groups in total. The molecule has 0 bridgehead atoms. The van der Waals surface area contributed by atoms with E-state index in [1.165, 1.54) is 32.4 Å². The predicted molar refractivity (Wildman–Crippen MR) is 59.9 cm³/mol. The number of fused-ring (bicyclic) bond motifs is 1. The van der Waals surface area contributed by atoms with Crippen LogP contribution >= 0.6 is 0 Å². The van der Waals surface area contributed by atoms with Gasteiger partial charge in [0.15, 0.2) is 0 Å². The van der Waals surface area contributed by atoms with Gasteiger partial charge >= 0.3 is 0 Å². The summed E-state index contributed by atoms with van der Waals surface area (Å²) in [6.07, 6.45) is 4.31. The lowest BCUT2D eigenvalue weighted by atomic mass is 9.77. The number of nitrogens with one attached hydrogen (secondary N) is 1. The van der Waals surface area contributed by atoms with E-state index < -0.39 is 0 Å². The summed E-state index contributed by atoms with van der Waals surface area (Å²) in [7, 11) is 0. The van der Waals surface area contributed by atoms with Crippen molar-refractivity contribution < 1.29 is 4.74 Å². The van der Waals surface area contributed by atoms with E-state index in [0.29, 0.717) is 0 Å². The Balaban J connectivity index is 1.67. The minimum absolute atomic E-state index is 0.850. The fourth-order valence-corrected chi connectivity index (χ4v) is 3.69. The Morgan fingerprint density at radius 2 is 1.93 bits per heavy atom. The van der Waals surface area contributed by atoms with E-state index in [1.807, 2.05) is 0 Å². The van der Waals surface area contributed by atoms with E-state index in [-0.39, 0.29) is 0 Å². The van der Waals surface area contributed by atoms with Gasteiger partial charge in [0, 0.05) is 19.1 Å². The molecule has 1 saturated carbocycles. The van der Waals surface area contributed by atoms with E-state index in [1.54, 1.807) is 0 Å². The van der Waals surface area contributed by atoms with Crippen molar-refractivity contribution in [3.63, 3.8) is 0 Å². The molecule has 3 atom stereocenters. The zero-order valence-electron chi connectivity index (χ0n) is 9.45. The third kappa shape index (κ3) is 1.93. The van der Waals surface area contributed by atoms with Crippen LogP contribution in [0.4, 0.5) is 0 Å². The van der Waals surface area contributed by atoms with Crippen LogP contribution < -0.4 is 5.32 Å². The van der Waals surface area contributed by atoms with Gasteiger partial charge in [0.1, 0.15) is 0 Å². The van der Waals surface area contributed by atoms with Gasteiger partial charge in [-0.3, -0.25) is 4.90 Å². The first-order valence-electron chi connectivity index (χ1n) is 6.47. The minimum Gasteiger partial charge on any atom is -0.379 e. The third-order valence-corrected chi connectivity index (χ3v) is 4.48. The van der Waals surface area contributed by atoms with Gasteiger partial charge in [0.2, 0.25) is 0 Å². The highest BCUT2D eigenvalue weighted by atomic mass is 16.5. The molecule has 0 aromatic carbocycles. The molecule has 2 aliphatic heterocycles. The standard InChI is InChI=1S/C12H22N2O/c1-2-10-8-13-9-11(10)12(3-1)14-4-6-15-7-5-14/h10-13H,1-9H2/t10-,11-,12+/m1/s1. The number of morpholine rings is 1. The lowest BCUT2D eigenvalue weighted by Gasteiger charge is -2.42. The summed E-state index contributed by atoms with van der Waals surface area (Å²) in [5.74, 6) is 1.89. The Morgan fingerprint density at radius 3 is 2.80 bits per heavy atom. The third-order valence-electron chi connectivity index (χ3n) is 4.48. The maximum absolute atomic E-state index is 5.44. The number of nitrogens with zero attached hydrogens (tertiary/aromatic N) is 1. The van der Waals surface area contributed by atoms with Gasteiger partial charge in [-0.25, -0.2) is 0 Å². The summed E-state index contributed by atoms with van der Waals surface area (Å²) in [5, 5.41) is 3.58. The normalized spacial score (nSPS) is 42.8. The summed E-state index contributed by atoms with van der Waals surface area (Å²) in [5.41, 5.74) is 0. The largest absolute Gasteiger partial charge is 0.379 e. The lowest BCUT2D eigenvalue weighted by molar-refractivity contribution is -0.0111. The molecule has 0 unspecified atom stereocenters. The fourth-order valence-electron chi connectivity index (χ4n) is 3.69. The number of ether oxygens (including phenoxy) is 1. The Kier molecular flexibility index (Phi) is 2.95. The molecular weight excluding hydrogens is 188 g/mol. The molecule has 3 aliphatic rings. The average Bonchev–Trinajstić information content (AvgIpc) is 2.78. The molecule has 0 aromatic heterocycles. The van der Waals surface area contributed by atoms with Gasteiger partial charge in [0.25, 0.3) is 0 Å². The SMILES string of the molecule is C1C[C@@H]2CNC[C@H]2[C@@H](N2CCOCC2)C1. The molecule has 3 nitrogen and oxygen atoms in total. The van der Waals surface area contributed by atoms with E-state index in [9.17, 15) is 0 Å². The zero-order valence-corrected chi connectivity index (χ0v) is 9.45. The first-order valence-corrected chi connectivity index (χ1v) is 6.47. The van der Waals surface area contributed by atoms with Crippen molar-refractivity contribution >= 4 is 0 Å². The molecule has 3 fully saturated rings.